The number of carbonyl (C=O) groups is 1. The number of ether oxygens (including phenoxy) is 1. The van der Waals surface area contributed by atoms with Crippen molar-refractivity contribution >= 4 is 6.09 Å². The van der Waals surface area contributed by atoms with Crippen LogP contribution >= 0.6 is 0 Å². The van der Waals surface area contributed by atoms with Crippen LogP contribution in [0.1, 0.15) is 59.1 Å². The zero-order valence-electron chi connectivity index (χ0n) is 13.1. The summed E-state index contributed by atoms with van der Waals surface area (Å²) in [5.74, 6) is 0. The lowest BCUT2D eigenvalue weighted by atomic mass is 10.0. The van der Waals surface area contributed by atoms with Gasteiger partial charge in [-0.1, -0.05) is 30.3 Å². The van der Waals surface area contributed by atoms with Gasteiger partial charge >= 0.3 is 6.09 Å². The zero-order chi connectivity index (χ0) is 15.0. The highest BCUT2D eigenvalue weighted by Gasteiger charge is 2.44. The summed E-state index contributed by atoms with van der Waals surface area (Å²) in [4.78, 5) is 14.5. The normalized spacial score (nSPS) is 21.9. The quantitative estimate of drug-likeness (QED) is 0.753. The standard InChI is InChI=1S/C17H25NO2/c1-16(2,3)20-15(19)18-14(11-12-17(18,4)5)13-9-7-6-8-10-13/h6-10,14H,11-12H2,1-5H3. The highest BCUT2D eigenvalue weighted by atomic mass is 16.6. The van der Waals surface area contributed by atoms with Crippen LogP contribution in [0.15, 0.2) is 30.3 Å². The number of rotatable bonds is 1. The van der Waals surface area contributed by atoms with Crippen molar-refractivity contribution in [3.8, 4) is 0 Å². The van der Waals surface area contributed by atoms with Gasteiger partial charge in [0.15, 0.2) is 0 Å². The maximum absolute atomic E-state index is 12.6. The van der Waals surface area contributed by atoms with Gasteiger partial charge in [-0.25, -0.2) is 4.79 Å². The molecule has 0 saturated carbocycles. The average Bonchev–Trinajstić information content (AvgIpc) is 2.64. The van der Waals surface area contributed by atoms with Crippen LogP contribution in [0, 0.1) is 0 Å². The summed E-state index contributed by atoms with van der Waals surface area (Å²) in [6.07, 6.45) is 1.76. The molecule has 1 aliphatic rings. The molecule has 1 amide bonds. The van der Waals surface area contributed by atoms with Crippen LogP contribution < -0.4 is 0 Å². The van der Waals surface area contributed by atoms with Crippen molar-refractivity contribution in [2.75, 3.05) is 0 Å². The van der Waals surface area contributed by atoms with Crippen molar-refractivity contribution in [1.29, 1.82) is 0 Å². The van der Waals surface area contributed by atoms with E-state index in [9.17, 15) is 4.79 Å². The van der Waals surface area contributed by atoms with E-state index in [1.54, 1.807) is 0 Å². The molecule has 1 heterocycles. The molecule has 1 unspecified atom stereocenters. The fourth-order valence-electron chi connectivity index (χ4n) is 2.84. The first-order valence-corrected chi connectivity index (χ1v) is 7.28. The Labute approximate surface area is 121 Å². The first-order valence-electron chi connectivity index (χ1n) is 7.28. The van der Waals surface area contributed by atoms with Gasteiger partial charge in [-0.3, -0.25) is 4.90 Å². The summed E-state index contributed by atoms with van der Waals surface area (Å²) in [6.45, 7) is 9.95. The predicted molar refractivity (Wildman–Crippen MR) is 80.6 cm³/mol. The smallest absolute Gasteiger partial charge is 0.411 e. The Morgan fingerprint density at radius 2 is 1.85 bits per heavy atom. The lowest BCUT2D eigenvalue weighted by Gasteiger charge is -2.37. The molecule has 3 heteroatoms. The lowest BCUT2D eigenvalue weighted by Crippen LogP contribution is -2.46. The molecule has 3 nitrogen and oxygen atoms in total. The van der Waals surface area contributed by atoms with E-state index in [0.717, 1.165) is 12.8 Å². The Balaban J connectivity index is 2.27. The van der Waals surface area contributed by atoms with Crippen LogP contribution in [0.25, 0.3) is 0 Å². The van der Waals surface area contributed by atoms with Gasteiger partial charge < -0.3 is 4.74 Å². The molecule has 1 fully saturated rings. The molecule has 20 heavy (non-hydrogen) atoms. The van der Waals surface area contributed by atoms with Gasteiger partial charge in [-0.05, 0) is 53.0 Å². The van der Waals surface area contributed by atoms with Crippen molar-refractivity contribution in [2.24, 2.45) is 0 Å². The highest BCUT2D eigenvalue weighted by molar-refractivity contribution is 5.70. The van der Waals surface area contributed by atoms with E-state index in [4.69, 9.17) is 4.74 Å². The Kier molecular flexibility index (Phi) is 3.81. The van der Waals surface area contributed by atoms with Gasteiger partial charge in [0.05, 0.1) is 6.04 Å². The third-order valence-electron chi connectivity index (χ3n) is 3.77. The van der Waals surface area contributed by atoms with Crippen LogP contribution in [-0.2, 0) is 4.74 Å². The van der Waals surface area contributed by atoms with E-state index in [0.29, 0.717) is 0 Å². The Morgan fingerprint density at radius 3 is 2.40 bits per heavy atom. The van der Waals surface area contributed by atoms with Crippen molar-refractivity contribution in [3.05, 3.63) is 35.9 Å². The Bertz CT molecular complexity index is 474. The van der Waals surface area contributed by atoms with Gasteiger partial charge in [-0.2, -0.15) is 0 Å². The van der Waals surface area contributed by atoms with Crippen LogP contribution in [0.2, 0.25) is 0 Å². The number of likely N-dealkylation sites (tertiary alicyclic amines) is 1. The zero-order valence-corrected chi connectivity index (χ0v) is 13.1. The second kappa shape index (κ2) is 5.12. The van der Waals surface area contributed by atoms with Crippen molar-refractivity contribution in [2.45, 2.75) is 64.6 Å². The highest BCUT2D eigenvalue weighted by Crippen LogP contribution is 2.43. The van der Waals surface area contributed by atoms with E-state index in [1.165, 1.54) is 5.56 Å². The van der Waals surface area contributed by atoms with Crippen LogP contribution in [-0.4, -0.2) is 22.1 Å². The first-order chi connectivity index (χ1) is 9.21. The molecule has 0 N–H and O–H groups in total. The minimum Gasteiger partial charge on any atom is -0.444 e. The number of hydrogen-bond acceptors (Lipinski definition) is 2. The molecule has 0 bridgehead atoms. The fraction of sp³-hybridized carbons (Fsp3) is 0.588. The topological polar surface area (TPSA) is 29.5 Å². The third-order valence-corrected chi connectivity index (χ3v) is 3.77. The number of nitrogens with zero attached hydrogens (tertiary/aromatic N) is 1. The number of carbonyl (C=O) groups excluding carboxylic acids is 1. The van der Waals surface area contributed by atoms with E-state index in [1.807, 2.05) is 43.9 Å². The predicted octanol–water partition coefficient (Wildman–Crippen LogP) is 4.54. The second-order valence-corrected chi connectivity index (χ2v) is 7.13. The molecule has 0 spiro atoms. The molecule has 110 valence electrons. The lowest BCUT2D eigenvalue weighted by molar-refractivity contribution is 0.00351. The summed E-state index contributed by atoms with van der Waals surface area (Å²) in [6, 6.07) is 10.3. The minimum absolute atomic E-state index is 0.112. The average molecular weight is 275 g/mol. The molecule has 0 radical (unpaired) electrons. The summed E-state index contributed by atoms with van der Waals surface area (Å²) in [7, 11) is 0. The second-order valence-electron chi connectivity index (χ2n) is 7.13. The number of benzene rings is 1. The number of hydrogen-bond donors (Lipinski definition) is 0. The molecule has 0 aliphatic carbocycles. The van der Waals surface area contributed by atoms with Crippen molar-refractivity contribution < 1.29 is 9.53 Å². The summed E-state index contributed by atoms with van der Waals surface area (Å²) >= 11 is 0. The Morgan fingerprint density at radius 1 is 1.25 bits per heavy atom. The largest absolute Gasteiger partial charge is 0.444 e. The maximum Gasteiger partial charge on any atom is 0.411 e. The van der Waals surface area contributed by atoms with Crippen molar-refractivity contribution in [1.82, 2.24) is 4.90 Å². The summed E-state index contributed by atoms with van der Waals surface area (Å²) < 4.78 is 5.60. The molecule has 1 atom stereocenters. The van der Waals surface area contributed by atoms with Gasteiger partial charge in [0.2, 0.25) is 0 Å². The summed E-state index contributed by atoms with van der Waals surface area (Å²) in [5.41, 5.74) is 0.559. The van der Waals surface area contributed by atoms with Gasteiger partial charge in [0.1, 0.15) is 5.60 Å². The summed E-state index contributed by atoms with van der Waals surface area (Å²) in [5, 5.41) is 0. The molecule has 1 aliphatic heterocycles. The van der Waals surface area contributed by atoms with E-state index >= 15 is 0 Å². The first kappa shape index (κ1) is 14.9. The molecule has 1 aromatic carbocycles. The third kappa shape index (κ3) is 3.14. The SMILES string of the molecule is CC(C)(C)OC(=O)N1C(c2ccccc2)CCC1(C)C. The molecule has 0 aromatic heterocycles. The molecule has 1 aromatic rings. The van der Waals surface area contributed by atoms with E-state index in [-0.39, 0.29) is 17.7 Å². The van der Waals surface area contributed by atoms with E-state index < -0.39 is 5.60 Å². The molecular weight excluding hydrogens is 250 g/mol. The molecule has 1 saturated heterocycles. The molecular formula is C17H25NO2. The Hall–Kier alpha value is -1.51. The number of amides is 1. The maximum atomic E-state index is 12.6. The van der Waals surface area contributed by atoms with Gasteiger partial charge in [0, 0.05) is 5.54 Å². The minimum atomic E-state index is -0.461. The monoisotopic (exact) mass is 275 g/mol. The van der Waals surface area contributed by atoms with Crippen LogP contribution in [0.4, 0.5) is 4.79 Å². The fourth-order valence-corrected chi connectivity index (χ4v) is 2.84. The van der Waals surface area contributed by atoms with Crippen LogP contribution in [0.3, 0.4) is 0 Å². The molecule has 2 rings (SSSR count). The van der Waals surface area contributed by atoms with E-state index in [2.05, 4.69) is 26.0 Å². The van der Waals surface area contributed by atoms with Crippen LogP contribution in [0.5, 0.6) is 0 Å². The van der Waals surface area contributed by atoms with Crippen molar-refractivity contribution in [3.63, 3.8) is 0 Å². The van der Waals surface area contributed by atoms with Gasteiger partial charge in [-0.15, -0.1) is 0 Å². The van der Waals surface area contributed by atoms with Gasteiger partial charge in [0.25, 0.3) is 0 Å².